The van der Waals surface area contributed by atoms with Gasteiger partial charge in [0.05, 0.1) is 17.9 Å². The van der Waals surface area contributed by atoms with Gasteiger partial charge in [0.2, 0.25) is 0 Å². The van der Waals surface area contributed by atoms with Crippen molar-refractivity contribution < 1.29 is 14.3 Å². The monoisotopic (exact) mass is 317 g/mol. The minimum Gasteiger partial charge on any atom is -0.384 e. The first-order chi connectivity index (χ1) is 11.1. The number of nitrogens with one attached hydrogen (secondary N) is 1. The molecule has 23 heavy (non-hydrogen) atoms. The number of nitrogens with zero attached hydrogens (tertiary/aromatic N) is 2. The van der Waals surface area contributed by atoms with Gasteiger partial charge < -0.3 is 15.0 Å². The lowest BCUT2D eigenvalue weighted by Crippen LogP contribution is -2.43. The molecule has 1 amide bonds. The standard InChI is InChI=1S/C17H20FN3O2/c1-11(22)17(23)21-8-3-2-7-15(21)16-19-10-14(20-16)12-5-4-6-13(18)9-12/h4-6,9-11,15,22H,2-3,7-8H2,1H3,(H,19,20). The van der Waals surface area contributed by atoms with E-state index in [-0.39, 0.29) is 17.8 Å². The zero-order chi connectivity index (χ0) is 16.4. The first-order valence-corrected chi connectivity index (χ1v) is 7.85. The Bertz CT molecular complexity index is 699. The molecule has 2 aromatic rings. The van der Waals surface area contributed by atoms with E-state index in [1.54, 1.807) is 23.2 Å². The number of hydrogen-bond donors (Lipinski definition) is 2. The molecule has 0 saturated carbocycles. The van der Waals surface area contributed by atoms with Crippen molar-refractivity contribution in [3.8, 4) is 11.3 Å². The van der Waals surface area contributed by atoms with Crippen LogP contribution in [0.5, 0.6) is 0 Å². The number of H-pyrrole nitrogens is 1. The topological polar surface area (TPSA) is 69.2 Å². The number of rotatable bonds is 3. The van der Waals surface area contributed by atoms with E-state index >= 15 is 0 Å². The number of likely N-dealkylation sites (tertiary alicyclic amines) is 1. The summed E-state index contributed by atoms with van der Waals surface area (Å²) in [4.78, 5) is 21.5. The third kappa shape index (κ3) is 3.27. The van der Waals surface area contributed by atoms with E-state index in [4.69, 9.17) is 0 Å². The summed E-state index contributed by atoms with van der Waals surface area (Å²) < 4.78 is 13.4. The average Bonchev–Trinajstić information content (AvgIpc) is 3.04. The third-order valence-electron chi connectivity index (χ3n) is 4.19. The first kappa shape index (κ1) is 15.7. The number of carbonyl (C=O) groups is 1. The second-order valence-corrected chi connectivity index (χ2v) is 5.91. The number of amides is 1. The van der Waals surface area contributed by atoms with Crippen molar-refractivity contribution in [3.63, 3.8) is 0 Å². The van der Waals surface area contributed by atoms with Crippen molar-refractivity contribution in [2.24, 2.45) is 0 Å². The highest BCUT2D eigenvalue weighted by Crippen LogP contribution is 2.31. The van der Waals surface area contributed by atoms with Crippen LogP contribution in [0.25, 0.3) is 11.3 Å². The molecule has 0 aliphatic carbocycles. The van der Waals surface area contributed by atoms with Gasteiger partial charge in [0, 0.05) is 12.1 Å². The quantitative estimate of drug-likeness (QED) is 0.914. The summed E-state index contributed by atoms with van der Waals surface area (Å²) in [6.07, 6.45) is 3.36. The van der Waals surface area contributed by atoms with Gasteiger partial charge in [-0.1, -0.05) is 12.1 Å². The molecule has 2 atom stereocenters. The average molecular weight is 317 g/mol. The van der Waals surface area contributed by atoms with Crippen LogP contribution >= 0.6 is 0 Å². The number of aliphatic hydroxyl groups is 1. The van der Waals surface area contributed by atoms with E-state index in [0.717, 1.165) is 25.0 Å². The van der Waals surface area contributed by atoms with Crippen LogP contribution in [0.3, 0.4) is 0 Å². The maximum absolute atomic E-state index is 13.4. The van der Waals surface area contributed by atoms with Crippen LogP contribution in [-0.2, 0) is 4.79 Å². The Kier molecular flexibility index (Phi) is 4.43. The predicted octanol–water partition coefficient (Wildman–Crippen LogP) is 2.65. The number of carbonyl (C=O) groups excluding carboxylic acids is 1. The van der Waals surface area contributed by atoms with Crippen molar-refractivity contribution in [3.05, 3.63) is 42.1 Å². The van der Waals surface area contributed by atoms with Crippen LogP contribution in [-0.4, -0.2) is 38.5 Å². The van der Waals surface area contributed by atoms with Gasteiger partial charge in [-0.05, 0) is 38.3 Å². The second kappa shape index (κ2) is 6.50. The number of piperidine rings is 1. The van der Waals surface area contributed by atoms with E-state index in [0.29, 0.717) is 17.9 Å². The van der Waals surface area contributed by atoms with Gasteiger partial charge in [-0.25, -0.2) is 9.37 Å². The molecule has 1 saturated heterocycles. The fraction of sp³-hybridized carbons (Fsp3) is 0.412. The lowest BCUT2D eigenvalue weighted by Gasteiger charge is -2.35. The van der Waals surface area contributed by atoms with Crippen LogP contribution in [0, 0.1) is 5.82 Å². The summed E-state index contributed by atoms with van der Waals surface area (Å²) in [7, 11) is 0. The summed E-state index contributed by atoms with van der Waals surface area (Å²) >= 11 is 0. The normalized spacial score (nSPS) is 19.6. The lowest BCUT2D eigenvalue weighted by molar-refractivity contribution is -0.143. The molecule has 6 heteroatoms. The summed E-state index contributed by atoms with van der Waals surface area (Å²) in [6, 6.07) is 6.12. The molecule has 1 aliphatic heterocycles. The van der Waals surface area contributed by atoms with Crippen molar-refractivity contribution in [2.45, 2.75) is 38.3 Å². The number of benzene rings is 1. The zero-order valence-corrected chi connectivity index (χ0v) is 13.0. The Morgan fingerprint density at radius 2 is 2.30 bits per heavy atom. The Balaban J connectivity index is 1.87. The number of aromatic nitrogens is 2. The maximum atomic E-state index is 13.4. The molecule has 2 N–H and O–H groups in total. The Labute approximate surface area is 134 Å². The Morgan fingerprint density at radius 1 is 1.48 bits per heavy atom. The van der Waals surface area contributed by atoms with Gasteiger partial charge in [-0.2, -0.15) is 0 Å². The van der Waals surface area contributed by atoms with Gasteiger partial charge in [-0.3, -0.25) is 4.79 Å². The van der Waals surface area contributed by atoms with E-state index in [9.17, 15) is 14.3 Å². The van der Waals surface area contributed by atoms with E-state index in [2.05, 4.69) is 9.97 Å². The zero-order valence-electron chi connectivity index (χ0n) is 13.0. The predicted molar refractivity (Wildman–Crippen MR) is 84.0 cm³/mol. The molecule has 1 aliphatic rings. The molecule has 1 fully saturated rings. The molecule has 1 aromatic heterocycles. The summed E-state index contributed by atoms with van der Waals surface area (Å²) in [5.41, 5.74) is 1.43. The van der Waals surface area contributed by atoms with Gasteiger partial charge in [0.15, 0.2) is 0 Å². The molecular weight excluding hydrogens is 297 g/mol. The molecular formula is C17H20FN3O2. The fourth-order valence-electron chi connectivity index (χ4n) is 3.03. The minimum atomic E-state index is -1.02. The highest BCUT2D eigenvalue weighted by Gasteiger charge is 2.31. The summed E-state index contributed by atoms with van der Waals surface area (Å²) in [6.45, 7) is 2.10. The van der Waals surface area contributed by atoms with E-state index < -0.39 is 6.10 Å². The number of aromatic amines is 1. The van der Waals surface area contributed by atoms with Crippen LogP contribution in [0.2, 0.25) is 0 Å². The largest absolute Gasteiger partial charge is 0.384 e. The molecule has 2 heterocycles. The van der Waals surface area contributed by atoms with Crippen molar-refractivity contribution >= 4 is 5.91 Å². The van der Waals surface area contributed by atoms with E-state index in [1.807, 2.05) is 0 Å². The number of hydrogen-bond acceptors (Lipinski definition) is 3. The van der Waals surface area contributed by atoms with Gasteiger partial charge >= 0.3 is 0 Å². The third-order valence-corrected chi connectivity index (χ3v) is 4.19. The molecule has 122 valence electrons. The first-order valence-electron chi connectivity index (χ1n) is 7.85. The van der Waals surface area contributed by atoms with Gasteiger partial charge in [0.25, 0.3) is 5.91 Å². The minimum absolute atomic E-state index is 0.173. The molecule has 2 unspecified atom stereocenters. The number of aliphatic hydroxyl groups excluding tert-OH is 1. The van der Waals surface area contributed by atoms with Gasteiger partial charge in [-0.15, -0.1) is 0 Å². The highest BCUT2D eigenvalue weighted by atomic mass is 19.1. The van der Waals surface area contributed by atoms with Crippen LogP contribution < -0.4 is 0 Å². The van der Waals surface area contributed by atoms with Crippen molar-refractivity contribution in [1.29, 1.82) is 0 Å². The van der Waals surface area contributed by atoms with Crippen LogP contribution in [0.15, 0.2) is 30.5 Å². The van der Waals surface area contributed by atoms with Gasteiger partial charge in [0.1, 0.15) is 17.7 Å². The molecule has 0 spiro atoms. The summed E-state index contributed by atoms with van der Waals surface area (Å²) in [5, 5.41) is 9.59. The molecule has 1 aromatic carbocycles. The SMILES string of the molecule is CC(O)C(=O)N1CCCCC1c1ncc(-c2cccc(F)c2)[nH]1. The molecule has 0 bridgehead atoms. The lowest BCUT2D eigenvalue weighted by atomic mass is 10.0. The number of halogens is 1. The van der Waals surface area contributed by atoms with Crippen molar-refractivity contribution in [1.82, 2.24) is 14.9 Å². The summed E-state index contributed by atoms with van der Waals surface area (Å²) in [5.74, 6) is 0.0959. The molecule has 5 nitrogen and oxygen atoms in total. The Hall–Kier alpha value is -2.21. The molecule has 0 radical (unpaired) electrons. The van der Waals surface area contributed by atoms with E-state index in [1.165, 1.54) is 19.1 Å². The van der Waals surface area contributed by atoms with Crippen LogP contribution in [0.4, 0.5) is 4.39 Å². The second-order valence-electron chi connectivity index (χ2n) is 5.91. The highest BCUT2D eigenvalue weighted by molar-refractivity contribution is 5.80. The van der Waals surface area contributed by atoms with Crippen LogP contribution in [0.1, 0.15) is 38.1 Å². The van der Waals surface area contributed by atoms with Crippen molar-refractivity contribution in [2.75, 3.05) is 6.54 Å². The Morgan fingerprint density at radius 3 is 3.04 bits per heavy atom. The molecule has 3 rings (SSSR count). The smallest absolute Gasteiger partial charge is 0.251 e. The fourth-order valence-corrected chi connectivity index (χ4v) is 3.03. The maximum Gasteiger partial charge on any atom is 0.251 e. The number of imidazole rings is 1.